The summed E-state index contributed by atoms with van der Waals surface area (Å²) < 4.78 is 37.5. The van der Waals surface area contributed by atoms with Crippen LogP contribution in [0.1, 0.15) is 20.3 Å². The van der Waals surface area contributed by atoms with Crippen LogP contribution in [-0.2, 0) is 23.6 Å². The van der Waals surface area contributed by atoms with Crippen molar-refractivity contribution in [2.24, 2.45) is 4.99 Å². The van der Waals surface area contributed by atoms with E-state index in [9.17, 15) is 8.42 Å². The number of hydrogen-bond donors (Lipinski definition) is 0. The lowest BCUT2D eigenvalue weighted by Gasteiger charge is -2.16. The van der Waals surface area contributed by atoms with Gasteiger partial charge in [0, 0.05) is 6.61 Å². The number of hydroxylamine groups is 2. The maximum atomic E-state index is 11.4. The van der Waals surface area contributed by atoms with Crippen LogP contribution in [0.25, 0.3) is 0 Å². The number of ether oxygens (including phenoxy) is 1. The summed E-state index contributed by atoms with van der Waals surface area (Å²) in [6, 6.07) is 0. The molecule has 1 rings (SSSR count). The van der Waals surface area contributed by atoms with Gasteiger partial charge >= 0.3 is 10.4 Å². The van der Waals surface area contributed by atoms with E-state index in [1.165, 1.54) is 6.34 Å². The van der Waals surface area contributed by atoms with Crippen molar-refractivity contribution in [3.63, 3.8) is 0 Å². The third-order valence-corrected chi connectivity index (χ3v) is 2.90. The zero-order chi connectivity index (χ0) is 12.7. The van der Waals surface area contributed by atoms with Crippen molar-refractivity contribution in [3.05, 3.63) is 0 Å². The molecule has 0 aliphatic carbocycles. The van der Waals surface area contributed by atoms with Crippen LogP contribution in [0.15, 0.2) is 4.99 Å². The Balaban J connectivity index is 2.35. The highest BCUT2D eigenvalue weighted by molar-refractivity contribution is 7.81. The minimum absolute atomic E-state index is 0.0440. The van der Waals surface area contributed by atoms with Crippen molar-refractivity contribution < 1.29 is 21.6 Å². The van der Waals surface area contributed by atoms with E-state index in [0.29, 0.717) is 26.1 Å². The molecule has 0 bridgehead atoms. The number of nitrogens with zero attached hydrogens (tertiary/aromatic N) is 2. The summed E-state index contributed by atoms with van der Waals surface area (Å²) in [4.78, 5) is 3.82. The van der Waals surface area contributed by atoms with E-state index in [2.05, 4.69) is 9.28 Å². The molecule has 1 aliphatic rings. The lowest BCUT2D eigenvalue weighted by Crippen LogP contribution is -2.28. The monoisotopic (exact) mass is 266 g/mol. The van der Waals surface area contributed by atoms with Crippen molar-refractivity contribution in [3.8, 4) is 0 Å². The van der Waals surface area contributed by atoms with Crippen molar-refractivity contribution >= 4 is 16.7 Å². The highest BCUT2D eigenvalue weighted by atomic mass is 32.3. The maximum Gasteiger partial charge on any atom is 0.421 e. The predicted molar refractivity (Wildman–Crippen MR) is 61.7 cm³/mol. The van der Waals surface area contributed by atoms with Crippen LogP contribution in [0.2, 0.25) is 0 Å². The first-order valence-electron chi connectivity index (χ1n) is 5.54. The predicted octanol–water partition coefficient (Wildman–Crippen LogP) is 0.338. The van der Waals surface area contributed by atoms with Gasteiger partial charge in [0.15, 0.2) is 0 Å². The normalized spacial score (nSPS) is 17.6. The smallest absolute Gasteiger partial charge is 0.376 e. The van der Waals surface area contributed by atoms with E-state index in [1.54, 1.807) is 0 Å². The van der Waals surface area contributed by atoms with Crippen molar-refractivity contribution in [1.82, 2.24) is 5.06 Å². The third-order valence-electron chi connectivity index (χ3n) is 2.10. The molecule has 0 N–H and O–H groups in total. The highest BCUT2D eigenvalue weighted by Gasteiger charge is 2.20. The van der Waals surface area contributed by atoms with Crippen molar-refractivity contribution in [1.29, 1.82) is 0 Å². The second-order valence-electron chi connectivity index (χ2n) is 3.42. The summed E-state index contributed by atoms with van der Waals surface area (Å²) in [7, 11) is -4.03. The van der Waals surface area contributed by atoms with E-state index >= 15 is 0 Å². The molecule has 0 amide bonds. The van der Waals surface area contributed by atoms with Gasteiger partial charge in [-0.25, -0.2) is 9.25 Å². The van der Waals surface area contributed by atoms with Gasteiger partial charge in [-0.1, -0.05) is 6.92 Å². The van der Waals surface area contributed by atoms with Crippen LogP contribution in [0.3, 0.4) is 0 Å². The number of aliphatic imine (C=N–C) groups is 1. The standard InChI is InChI=1S/C9H18N2O5S/c1-3-9(14-4-2)7-15-17(12,13)16-11-6-5-10-8-11/h8-9H,3-7H2,1-2H3. The SMILES string of the molecule is CCOC(CC)COS(=O)(=O)ON1C=NCC1. The summed E-state index contributed by atoms with van der Waals surface area (Å²) in [5, 5.41) is 1.12. The molecule has 8 heteroatoms. The van der Waals surface area contributed by atoms with Gasteiger partial charge in [0.05, 0.1) is 25.8 Å². The van der Waals surface area contributed by atoms with E-state index < -0.39 is 10.4 Å². The quantitative estimate of drug-likeness (QED) is 0.630. The first kappa shape index (κ1) is 14.4. The summed E-state index contributed by atoms with van der Waals surface area (Å²) in [6.45, 7) is 5.13. The van der Waals surface area contributed by atoms with Crippen LogP contribution in [0.4, 0.5) is 0 Å². The average molecular weight is 266 g/mol. The minimum Gasteiger partial charge on any atom is -0.376 e. The van der Waals surface area contributed by atoms with Gasteiger partial charge in [-0.2, -0.15) is 8.42 Å². The Morgan fingerprint density at radius 2 is 2.24 bits per heavy atom. The Morgan fingerprint density at radius 3 is 2.76 bits per heavy atom. The second-order valence-corrected chi connectivity index (χ2v) is 4.62. The van der Waals surface area contributed by atoms with Crippen LogP contribution < -0.4 is 0 Å². The molecule has 0 aromatic heterocycles. The molecule has 0 fully saturated rings. The summed E-state index contributed by atoms with van der Waals surface area (Å²) in [5.74, 6) is 0. The van der Waals surface area contributed by atoms with Crippen LogP contribution in [-0.4, -0.2) is 52.2 Å². The molecule has 1 heterocycles. The fraction of sp³-hybridized carbons (Fsp3) is 0.889. The Hall–Kier alpha value is -0.700. The Labute approximate surface area is 102 Å². The molecule has 0 aromatic carbocycles. The fourth-order valence-electron chi connectivity index (χ4n) is 1.24. The van der Waals surface area contributed by atoms with Crippen LogP contribution in [0, 0.1) is 0 Å². The molecule has 17 heavy (non-hydrogen) atoms. The summed E-state index contributed by atoms with van der Waals surface area (Å²) >= 11 is 0. The topological polar surface area (TPSA) is 77.4 Å². The van der Waals surface area contributed by atoms with Gasteiger partial charge in [-0.05, 0) is 13.3 Å². The molecule has 0 radical (unpaired) electrons. The molecule has 100 valence electrons. The van der Waals surface area contributed by atoms with Crippen molar-refractivity contribution in [2.45, 2.75) is 26.4 Å². The molecule has 0 spiro atoms. The molecule has 7 nitrogen and oxygen atoms in total. The number of hydrogen-bond acceptors (Lipinski definition) is 7. The highest BCUT2D eigenvalue weighted by Crippen LogP contribution is 2.06. The molecule has 0 saturated carbocycles. The number of rotatable bonds is 8. The molecular weight excluding hydrogens is 248 g/mol. The van der Waals surface area contributed by atoms with Gasteiger partial charge in [0.1, 0.15) is 6.34 Å². The lowest BCUT2D eigenvalue weighted by atomic mass is 10.3. The molecule has 0 aromatic rings. The fourth-order valence-corrected chi connectivity index (χ4v) is 1.95. The zero-order valence-electron chi connectivity index (χ0n) is 10.0. The van der Waals surface area contributed by atoms with Crippen LogP contribution in [0.5, 0.6) is 0 Å². The van der Waals surface area contributed by atoms with E-state index in [-0.39, 0.29) is 12.7 Å². The molecule has 1 atom stereocenters. The Morgan fingerprint density at radius 1 is 1.47 bits per heavy atom. The van der Waals surface area contributed by atoms with Crippen LogP contribution >= 0.6 is 0 Å². The molecule has 1 unspecified atom stereocenters. The Kier molecular flexibility index (Phi) is 5.83. The van der Waals surface area contributed by atoms with Gasteiger partial charge in [0.25, 0.3) is 0 Å². The summed E-state index contributed by atoms with van der Waals surface area (Å²) in [6.07, 6.45) is 1.75. The second kappa shape index (κ2) is 6.90. The molecular formula is C9H18N2O5S. The van der Waals surface area contributed by atoms with E-state index in [4.69, 9.17) is 8.92 Å². The summed E-state index contributed by atoms with van der Waals surface area (Å²) in [5.41, 5.74) is 0. The van der Waals surface area contributed by atoms with Gasteiger partial charge in [-0.3, -0.25) is 4.99 Å². The first-order valence-corrected chi connectivity index (χ1v) is 6.88. The van der Waals surface area contributed by atoms with Gasteiger partial charge in [-0.15, -0.1) is 4.28 Å². The average Bonchev–Trinajstić information content (AvgIpc) is 2.76. The molecule has 0 saturated heterocycles. The third kappa shape index (κ3) is 5.44. The largest absolute Gasteiger partial charge is 0.421 e. The van der Waals surface area contributed by atoms with Gasteiger partial charge in [0.2, 0.25) is 0 Å². The zero-order valence-corrected chi connectivity index (χ0v) is 10.9. The van der Waals surface area contributed by atoms with E-state index in [0.717, 1.165) is 5.06 Å². The van der Waals surface area contributed by atoms with Gasteiger partial charge < -0.3 is 4.74 Å². The van der Waals surface area contributed by atoms with E-state index in [1.807, 2.05) is 13.8 Å². The maximum absolute atomic E-state index is 11.4. The minimum atomic E-state index is -4.03. The molecule has 1 aliphatic heterocycles. The lowest BCUT2D eigenvalue weighted by molar-refractivity contribution is -0.00523. The first-order chi connectivity index (χ1) is 8.07. The van der Waals surface area contributed by atoms with Crippen molar-refractivity contribution in [2.75, 3.05) is 26.3 Å². The Bertz CT molecular complexity index is 343.